The second-order valence-electron chi connectivity index (χ2n) is 11.3. The number of hydrogen-bond acceptors (Lipinski definition) is 5. The van der Waals surface area contributed by atoms with Gasteiger partial charge in [0, 0.05) is 19.1 Å². The van der Waals surface area contributed by atoms with Crippen LogP contribution in [0.25, 0.3) is 0 Å². The van der Waals surface area contributed by atoms with Gasteiger partial charge in [0.2, 0.25) is 0 Å². The number of carbonyl (C=O) groups excluding carboxylic acids is 1. The summed E-state index contributed by atoms with van der Waals surface area (Å²) < 4.78 is 40.0. The molecule has 0 spiro atoms. The highest BCUT2D eigenvalue weighted by Crippen LogP contribution is 2.37. The van der Waals surface area contributed by atoms with E-state index in [4.69, 9.17) is 9.16 Å². The van der Waals surface area contributed by atoms with Crippen molar-refractivity contribution in [3.05, 3.63) is 66.2 Å². The lowest BCUT2D eigenvalue weighted by Crippen LogP contribution is -2.43. The number of hydrogen-bond donors (Lipinski definition) is 0. The van der Waals surface area contributed by atoms with Gasteiger partial charge in [0.15, 0.2) is 8.32 Å². The molecule has 0 N–H and O–H groups in total. The van der Waals surface area contributed by atoms with E-state index in [1.54, 1.807) is 39.0 Å². The van der Waals surface area contributed by atoms with Gasteiger partial charge in [-0.15, -0.1) is 0 Å². The van der Waals surface area contributed by atoms with Crippen molar-refractivity contribution < 1.29 is 22.4 Å². The van der Waals surface area contributed by atoms with E-state index in [0.29, 0.717) is 13.0 Å². The molecule has 1 unspecified atom stereocenters. The quantitative estimate of drug-likeness (QED) is 0.340. The third kappa shape index (κ3) is 8.19. The standard InChI is InChI=1S/C27H41NO5SSi/c1-26(2,3)33-25(29)28(34(30,31)24-17-13-10-14-18-24)21-23(22-15-11-9-12-16-22)19-20-32-35(7,8)27(4,5)6/h9-18,23H,19-21H2,1-8H3. The van der Waals surface area contributed by atoms with Gasteiger partial charge in [0.25, 0.3) is 10.0 Å². The zero-order valence-electron chi connectivity index (χ0n) is 22.4. The zero-order chi connectivity index (χ0) is 26.5. The molecule has 2 aromatic carbocycles. The van der Waals surface area contributed by atoms with Gasteiger partial charge in [0.1, 0.15) is 5.60 Å². The maximum atomic E-state index is 13.6. The van der Waals surface area contributed by atoms with Gasteiger partial charge in [-0.25, -0.2) is 13.2 Å². The first-order chi connectivity index (χ1) is 16.0. The molecular formula is C27H41NO5SSi. The Morgan fingerprint density at radius 1 is 0.914 bits per heavy atom. The summed E-state index contributed by atoms with van der Waals surface area (Å²) >= 11 is 0. The Kier molecular flexibility index (Phi) is 9.36. The highest BCUT2D eigenvalue weighted by molar-refractivity contribution is 7.89. The summed E-state index contributed by atoms with van der Waals surface area (Å²) in [5.41, 5.74) is 0.109. The number of sulfonamides is 1. The van der Waals surface area contributed by atoms with Gasteiger partial charge in [0.05, 0.1) is 4.90 Å². The van der Waals surface area contributed by atoms with Crippen LogP contribution in [-0.4, -0.2) is 45.9 Å². The molecule has 0 aliphatic rings. The summed E-state index contributed by atoms with van der Waals surface area (Å²) in [4.78, 5) is 13.3. The van der Waals surface area contributed by atoms with Gasteiger partial charge in [-0.2, -0.15) is 4.31 Å². The largest absolute Gasteiger partial charge is 0.443 e. The van der Waals surface area contributed by atoms with Crippen LogP contribution in [0.5, 0.6) is 0 Å². The number of rotatable bonds is 9. The SMILES string of the molecule is CC(C)(C)OC(=O)N(CC(CCO[Si](C)(C)C(C)(C)C)c1ccccc1)S(=O)(=O)c1ccccc1. The van der Waals surface area contributed by atoms with Crippen LogP contribution < -0.4 is 0 Å². The molecule has 0 aliphatic heterocycles. The van der Waals surface area contributed by atoms with Crippen molar-refractivity contribution in [3.8, 4) is 0 Å². The number of nitrogens with zero attached hydrogens (tertiary/aromatic N) is 1. The molecule has 1 atom stereocenters. The summed E-state index contributed by atoms with van der Waals surface area (Å²) in [6.07, 6.45) is -0.312. The Morgan fingerprint density at radius 2 is 1.43 bits per heavy atom. The Morgan fingerprint density at radius 3 is 1.91 bits per heavy atom. The molecule has 194 valence electrons. The molecule has 0 fully saturated rings. The van der Waals surface area contributed by atoms with Crippen LogP contribution in [0, 0.1) is 0 Å². The van der Waals surface area contributed by atoms with Gasteiger partial charge in [-0.05, 0) is 63.0 Å². The molecule has 0 saturated heterocycles. The molecule has 35 heavy (non-hydrogen) atoms. The van der Waals surface area contributed by atoms with Crippen LogP contribution in [-0.2, 0) is 19.2 Å². The third-order valence-electron chi connectivity index (χ3n) is 6.32. The van der Waals surface area contributed by atoms with Crippen molar-refractivity contribution in [1.29, 1.82) is 0 Å². The summed E-state index contributed by atoms with van der Waals surface area (Å²) in [5.74, 6) is -0.257. The van der Waals surface area contributed by atoms with Crippen molar-refractivity contribution >= 4 is 24.4 Å². The van der Waals surface area contributed by atoms with Gasteiger partial charge in [-0.1, -0.05) is 69.3 Å². The van der Waals surface area contributed by atoms with E-state index in [-0.39, 0.29) is 22.4 Å². The van der Waals surface area contributed by atoms with Crippen LogP contribution in [0.4, 0.5) is 4.79 Å². The first-order valence-corrected chi connectivity index (χ1v) is 16.4. The predicted molar refractivity (Wildman–Crippen MR) is 144 cm³/mol. The van der Waals surface area contributed by atoms with Crippen LogP contribution in [0.15, 0.2) is 65.6 Å². The monoisotopic (exact) mass is 519 g/mol. The number of amides is 1. The molecule has 0 aliphatic carbocycles. The van der Waals surface area contributed by atoms with E-state index in [1.807, 2.05) is 30.3 Å². The van der Waals surface area contributed by atoms with Crippen LogP contribution in [0.3, 0.4) is 0 Å². The average Bonchev–Trinajstić information content (AvgIpc) is 2.75. The Balaban J connectivity index is 2.40. The molecule has 0 aromatic heterocycles. The minimum atomic E-state index is -4.13. The van der Waals surface area contributed by atoms with E-state index < -0.39 is 30.0 Å². The van der Waals surface area contributed by atoms with E-state index >= 15 is 0 Å². The molecule has 0 radical (unpaired) electrons. The van der Waals surface area contributed by atoms with E-state index in [2.05, 4.69) is 33.9 Å². The lowest BCUT2D eigenvalue weighted by molar-refractivity contribution is 0.0380. The maximum absolute atomic E-state index is 13.6. The molecule has 1 amide bonds. The first kappa shape index (κ1) is 29.1. The second-order valence-corrected chi connectivity index (χ2v) is 18.0. The smallest absolute Gasteiger partial charge is 0.424 e. The molecule has 8 heteroatoms. The van der Waals surface area contributed by atoms with Crippen molar-refractivity contribution in [2.75, 3.05) is 13.2 Å². The second kappa shape index (κ2) is 11.3. The lowest BCUT2D eigenvalue weighted by Gasteiger charge is -2.37. The molecule has 6 nitrogen and oxygen atoms in total. The van der Waals surface area contributed by atoms with Crippen molar-refractivity contribution in [2.45, 2.75) is 82.5 Å². The minimum absolute atomic E-state index is 0.0446. The Labute approximate surface area is 212 Å². The van der Waals surface area contributed by atoms with Crippen LogP contribution in [0.1, 0.15) is 59.4 Å². The molecule has 0 bridgehead atoms. The maximum Gasteiger partial charge on any atom is 0.424 e. The highest BCUT2D eigenvalue weighted by Gasteiger charge is 2.38. The molecular weight excluding hydrogens is 478 g/mol. The minimum Gasteiger partial charge on any atom is -0.443 e. The van der Waals surface area contributed by atoms with Crippen molar-refractivity contribution in [1.82, 2.24) is 4.31 Å². The zero-order valence-corrected chi connectivity index (χ0v) is 24.2. The number of carbonyl (C=O) groups is 1. The molecule has 0 saturated carbocycles. The summed E-state index contributed by atoms with van der Waals surface area (Å²) in [6.45, 7) is 16.5. The highest BCUT2D eigenvalue weighted by atomic mass is 32.2. The normalized spacial score (nSPS) is 13.8. The molecule has 2 aromatic rings. The fourth-order valence-corrected chi connectivity index (χ4v) is 5.69. The van der Waals surface area contributed by atoms with Gasteiger partial charge in [-0.3, -0.25) is 0 Å². The molecule has 2 rings (SSSR count). The number of ether oxygens (including phenoxy) is 1. The van der Waals surface area contributed by atoms with E-state index in [0.717, 1.165) is 9.87 Å². The van der Waals surface area contributed by atoms with E-state index in [9.17, 15) is 13.2 Å². The fourth-order valence-electron chi connectivity index (χ4n) is 3.26. The van der Waals surface area contributed by atoms with Gasteiger partial charge < -0.3 is 9.16 Å². The third-order valence-corrected chi connectivity index (χ3v) is 12.6. The van der Waals surface area contributed by atoms with Crippen molar-refractivity contribution in [3.63, 3.8) is 0 Å². The summed E-state index contributed by atoms with van der Waals surface area (Å²) in [7, 11) is -6.10. The van der Waals surface area contributed by atoms with Crippen LogP contribution in [0.2, 0.25) is 18.1 Å². The Hall–Kier alpha value is -2.16. The topological polar surface area (TPSA) is 72.9 Å². The lowest BCUT2D eigenvalue weighted by atomic mass is 9.96. The Bertz CT molecular complexity index is 1060. The summed E-state index contributed by atoms with van der Waals surface area (Å²) in [5, 5.41) is 0.0639. The predicted octanol–water partition coefficient (Wildman–Crippen LogP) is 6.81. The number of benzene rings is 2. The van der Waals surface area contributed by atoms with Gasteiger partial charge >= 0.3 is 6.09 Å². The first-order valence-electron chi connectivity index (χ1n) is 12.0. The van der Waals surface area contributed by atoms with Crippen LogP contribution >= 0.6 is 0 Å². The fraction of sp³-hybridized carbons (Fsp3) is 0.519. The average molecular weight is 520 g/mol. The summed E-state index contributed by atoms with van der Waals surface area (Å²) in [6, 6.07) is 17.7. The van der Waals surface area contributed by atoms with Crippen molar-refractivity contribution in [2.24, 2.45) is 0 Å². The molecule has 0 heterocycles. The van der Waals surface area contributed by atoms with E-state index in [1.165, 1.54) is 12.1 Å².